The van der Waals surface area contributed by atoms with Crippen LogP contribution in [0.2, 0.25) is 0 Å². The fraction of sp³-hybridized carbons (Fsp3) is 0.320. The monoisotopic (exact) mass is 455 g/mol. The highest BCUT2D eigenvalue weighted by atomic mass is 16.5. The Morgan fingerprint density at radius 3 is 2.59 bits per heavy atom. The molecule has 172 valence electrons. The van der Waals surface area contributed by atoms with Crippen LogP contribution >= 0.6 is 0 Å². The number of carbonyl (C=O) groups excluding carboxylic acids is 1. The Kier molecular flexibility index (Phi) is 5.38. The van der Waals surface area contributed by atoms with Crippen molar-refractivity contribution in [3.8, 4) is 22.6 Å². The van der Waals surface area contributed by atoms with Crippen molar-refractivity contribution < 1.29 is 9.53 Å². The topological polar surface area (TPSA) is 91.0 Å². The number of aromatic nitrogens is 6. The first kappa shape index (κ1) is 20.7. The largest absolute Gasteiger partial charge is 0.373 e. The van der Waals surface area contributed by atoms with Crippen molar-refractivity contribution >= 4 is 5.91 Å². The molecule has 0 aromatic carbocycles. The second-order valence-electron chi connectivity index (χ2n) is 8.59. The summed E-state index contributed by atoms with van der Waals surface area (Å²) in [6.45, 7) is 3.00. The highest BCUT2D eigenvalue weighted by molar-refractivity contribution is 5.99. The van der Waals surface area contributed by atoms with Gasteiger partial charge < -0.3 is 9.64 Å². The average Bonchev–Trinajstić information content (AvgIpc) is 3.63. The lowest BCUT2D eigenvalue weighted by atomic mass is 10.1. The standard InChI is InChI=1S/C25H25N7O2/c33-25(24-23(21-8-2-4-11-27-21)22-17-34-15-14-32(22)29-24)31-12-5-6-18(31)16-30-13-9-20(28-30)19-7-1-3-10-26-19/h1-4,7-11,13,18H,5-6,12,14-17H2/t18-/m0/s1. The van der Waals surface area contributed by atoms with E-state index in [0.29, 0.717) is 38.5 Å². The van der Waals surface area contributed by atoms with E-state index in [1.165, 1.54) is 0 Å². The van der Waals surface area contributed by atoms with Gasteiger partial charge in [0.2, 0.25) is 0 Å². The van der Waals surface area contributed by atoms with Crippen LogP contribution in [0.1, 0.15) is 29.0 Å². The maximum Gasteiger partial charge on any atom is 0.275 e. The first-order valence-corrected chi connectivity index (χ1v) is 11.6. The Labute approximate surface area is 197 Å². The minimum atomic E-state index is -0.0536. The molecule has 9 nitrogen and oxygen atoms in total. The first-order chi connectivity index (χ1) is 16.8. The lowest BCUT2D eigenvalue weighted by Crippen LogP contribution is -2.38. The van der Waals surface area contributed by atoms with E-state index >= 15 is 0 Å². The predicted octanol–water partition coefficient (Wildman–Crippen LogP) is 3.04. The SMILES string of the molecule is O=C(c1nn2c(c1-c1ccccn1)COCC2)N1CCC[C@H]1Cn1ccc(-c2ccccn2)n1. The summed E-state index contributed by atoms with van der Waals surface area (Å²) in [5.41, 5.74) is 4.58. The van der Waals surface area contributed by atoms with Gasteiger partial charge in [0.05, 0.1) is 55.0 Å². The van der Waals surface area contributed by atoms with Crippen LogP contribution in [0.15, 0.2) is 61.1 Å². The summed E-state index contributed by atoms with van der Waals surface area (Å²) < 4.78 is 9.50. The molecule has 0 saturated carbocycles. The summed E-state index contributed by atoms with van der Waals surface area (Å²) in [5, 5.41) is 9.43. The summed E-state index contributed by atoms with van der Waals surface area (Å²) in [4.78, 5) is 24.7. The van der Waals surface area contributed by atoms with Crippen molar-refractivity contribution in [1.82, 2.24) is 34.4 Å². The summed E-state index contributed by atoms with van der Waals surface area (Å²) in [7, 11) is 0. The van der Waals surface area contributed by atoms with Crippen LogP contribution in [0.3, 0.4) is 0 Å². The second kappa shape index (κ2) is 8.83. The number of nitrogens with zero attached hydrogens (tertiary/aromatic N) is 7. The van der Waals surface area contributed by atoms with Crippen molar-refractivity contribution in [3.63, 3.8) is 0 Å². The lowest BCUT2D eigenvalue weighted by Gasteiger charge is -2.24. The quantitative estimate of drug-likeness (QED) is 0.459. The molecule has 4 aromatic heterocycles. The Morgan fingerprint density at radius 1 is 0.971 bits per heavy atom. The van der Waals surface area contributed by atoms with E-state index in [4.69, 9.17) is 14.9 Å². The Hall–Kier alpha value is -3.85. The van der Waals surface area contributed by atoms with Gasteiger partial charge in [-0.3, -0.25) is 24.1 Å². The Balaban J connectivity index is 1.28. The summed E-state index contributed by atoms with van der Waals surface area (Å²) in [6, 6.07) is 13.5. The van der Waals surface area contributed by atoms with Crippen molar-refractivity contribution in [1.29, 1.82) is 0 Å². The zero-order valence-electron chi connectivity index (χ0n) is 18.7. The minimum absolute atomic E-state index is 0.0514. The van der Waals surface area contributed by atoms with E-state index in [-0.39, 0.29) is 11.9 Å². The first-order valence-electron chi connectivity index (χ1n) is 11.6. The van der Waals surface area contributed by atoms with Crippen molar-refractivity contribution in [2.75, 3.05) is 13.2 Å². The summed E-state index contributed by atoms with van der Waals surface area (Å²) in [6.07, 6.45) is 7.35. The van der Waals surface area contributed by atoms with Crippen LogP contribution in [0, 0.1) is 0 Å². The number of amides is 1. The van der Waals surface area contributed by atoms with Gasteiger partial charge in [-0.25, -0.2) is 0 Å². The number of likely N-dealkylation sites (tertiary alicyclic amines) is 1. The van der Waals surface area contributed by atoms with E-state index in [1.807, 2.05) is 62.9 Å². The zero-order chi connectivity index (χ0) is 22.9. The molecule has 0 unspecified atom stereocenters. The van der Waals surface area contributed by atoms with Gasteiger partial charge in [0.25, 0.3) is 5.91 Å². The van der Waals surface area contributed by atoms with Crippen LogP contribution in [-0.4, -0.2) is 59.5 Å². The van der Waals surface area contributed by atoms with Crippen LogP contribution in [0.4, 0.5) is 0 Å². The molecule has 1 saturated heterocycles. The molecule has 2 aliphatic rings. The van der Waals surface area contributed by atoms with Crippen molar-refractivity contribution in [2.45, 2.75) is 38.6 Å². The predicted molar refractivity (Wildman–Crippen MR) is 125 cm³/mol. The molecule has 1 fully saturated rings. The number of rotatable bonds is 5. The molecule has 1 amide bonds. The van der Waals surface area contributed by atoms with Gasteiger partial charge >= 0.3 is 0 Å². The molecule has 9 heteroatoms. The van der Waals surface area contributed by atoms with E-state index in [9.17, 15) is 4.79 Å². The smallest absolute Gasteiger partial charge is 0.275 e. The molecule has 6 heterocycles. The average molecular weight is 456 g/mol. The van der Waals surface area contributed by atoms with Gasteiger partial charge in [0.15, 0.2) is 5.69 Å². The molecule has 0 aliphatic carbocycles. The maximum absolute atomic E-state index is 13.8. The maximum atomic E-state index is 13.8. The number of fused-ring (bicyclic) bond motifs is 1. The molecule has 0 radical (unpaired) electrons. The molecule has 6 rings (SSSR count). The molecular formula is C25H25N7O2. The summed E-state index contributed by atoms with van der Waals surface area (Å²) >= 11 is 0. The third-order valence-corrected chi connectivity index (χ3v) is 6.47. The van der Waals surface area contributed by atoms with Gasteiger partial charge in [-0.2, -0.15) is 10.2 Å². The number of pyridine rings is 2. The molecule has 0 N–H and O–H groups in total. The Morgan fingerprint density at radius 2 is 1.79 bits per heavy atom. The van der Waals surface area contributed by atoms with Gasteiger partial charge in [0.1, 0.15) is 5.69 Å². The third-order valence-electron chi connectivity index (χ3n) is 6.47. The highest BCUT2D eigenvalue weighted by Gasteiger charge is 2.35. The molecule has 34 heavy (non-hydrogen) atoms. The number of ether oxygens (including phenoxy) is 1. The van der Waals surface area contributed by atoms with Crippen LogP contribution in [-0.2, 0) is 24.4 Å². The zero-order valence-corrected chi connectivity index (χ0v) is 18.7. The van der Waals surface area contributed by atoms with Gasteiger partial charge in [-0.1, -0.05) is 12.1 Å². The van der Waals surface area contributed by atoms with E-state index in [2.05, 4.69) is 9.97 Å². The molecule has 2 aliphatic heterocycles. The van der Waals surface area contributed by atoms with Crippen molar-refractivity contribution in [3.05, 3.63) is 72.4 Å². The normalized spacial score (nSPS) is 17.6. The van der Waals surface area contributed by atoms with Crippen LogP contribution in [0.5, 0.6) is 0 Å². The van der Waals surface area contributed by atoms with Crippen LogP contribution in [0.25, 0.3) is 22.6 Å². The molecule has 0 spiro atoms. The number of hydrogen-bond acceptors (Lipinski definition) is 6. The van der Waals surface area contributed by atoms with Gasteiger partial charge in [-0.15, -0.1) is 0 Å². The lowest BCUT2D eigenvalue weighted by molar-refractivity contribution is 0.0709. The summed E-state index contributed by atoms with van der Waals surface area (Å²) in [5.74, 6) is -0.0536. The molecule has 0 bridgehead atoms. The molecule has 1 atom stereocenters. The fourth-order valence-corrected chi connectivity index (χ4v) is 4.84. The van der Waals surface area contributed by atoms with E-state index in [0.717, 1.165) is 41.2 Å². The van der Waals surface area contributed by atoms with Gasteiger partial charge in [0, 0.05) is 25.1 Å². The second-order valence-corrected chi connectivity index (χ2v) is 8.59. The highest BCUT2D eigenvalue weighted by Crippen LogP contribution is 2.31. The third kappa shape index (κ3) is 3.77. The van der Waals surface area contributed by atoms with E-state index < -0.39 is 0 Å². The minimum Gasteiger partial charge on any atom is -0.373 e. The molecular weight excluding hydrogens is 430 g/mol. The number of hydrogen-bond donors (Lipinski definition) is 0. The fourth-order valence-electron chi connectivity index (χ4n) is 4.84. The number of carbonyl (C=O) groups is 1. The molecule has 4 aromatic rings. The van der Waals surface area contributed by atoms with Crippen LogP contribution < -0.4 is 0 Å². The van der Waals surface area contributed by atoms with Gasteiger partial charge in [-0.05, 0) is 43.2 Å². The van der Waals surface area contributed by atoms with E-state index in [1.54, 1.807) is 12.4 Å². The van der Waals surface area contributed by atoms with Crippen molar-refractivity contribution in [2.24, 2.45) is 0 Å². The Bertz CT molecular complexity index is 1300.